The predicted molar refractivity (Wildman–Crippen MR) is 142 cm³/mol. The molecule has 3 aromatic carbocycles. The molecule has 0 fully saturated rings. The van der Waals surface area contributed by atoms with Crippen molar-refractivity contribution in [2.45, 2.75) is 38.5 Å². The third-order valence-corrected chi connectivity index (χ3v) is 6.65. The molecule has 3 atom stereocenters. The summed E-state index contributed by atoms with van der Waals surface area (Å²) in [5.41, 5.74) is 5.22. The SMILES string of the molecule is CC(=O)N1c2ccc(-c3ccc(C(=O)NCC(O)CO)cc3)cc2[C@H](Nc2ccc(Cl)cc2)C[C@@H]1C. The number of hydrogen-bond donors (Lipinski definition) is 4. The van der Waals surface area contributed by atoms with Crippen LogP contribution >= 0.6 is 11.6 Å². The van der Waals surface area contributed by atoms with Crippen LogP contribution in [0.2, 0.25) is 5.02 Å². The lowest BCUT2D eigenvalue weighted by Crippen LogP contribution is -2.43. The molecule has 188 valence electrons. The quantitative estimate of drug-likeness (QED) is 0.380. The Labute approximate surface area is 215 Å². The molecule has 1 unspecified atom stereocenters. The Morgan fingerprint density at radius 3 is 2.36 bits per heavy atom. The molecule has 0 aromatic heterocycles. The molecule has 1 heterocycles. The van der Waals surface area contributed by atoms with Gasteiger partial charge in [-0.05, 0) is 78.6 Å². The summed E-state index contributed by atoms with van der Waals surface area (Å²) in [6, 6.07) is 20.9. The van der Waals surface area contributed by atoms with Gasteiger partial charge in [0, 0.05) is 41.5 Å². The monoisotopic (exact) mass is 507 g/mol. The third kappa shape index (κ3) is 5.70. The predicted octanol–water partition coefficient (Wildman–Crippen LogP) is 4.39. The molecule has 2 amide bonds. The summed E-state index contributed by atoms with van der Waals surface area (Å²) in [4.78, 5) is 26.6. The molecule has 0 bridgehead atoms. The van der Waals surface area contributed by atoms with Crippen molar-refractivity contribution in [3.05, 3.63) is 82.9 Å². The Morgan fingerprint density at radius 2 is 1.72 bits per heavy atom. The Kier molecular flexibility index (Phi) is 7.94. The van der Waals surface area contributed by atoms with Gasteiger partial charge in [0.05, 0.1) is 18.8 Å². The molecular formula is C28H30ClN3O4. The number of anilines is 2. The second-order valence-corrected chi connectivity index (χ2v) is 9.51. The second-order valence-electron chi connectivity index (χ2n) is 9.07. The number of carbonyl (C=O) groups excluding carboxylic acids is 2. The minimum Gasteiger partial charge on any atom is -0.394 e. The smallest absolute Gasteiger partial charge is 0.251 e. The average Bonchev–Trinajstić information content (AvgIpc) is 2.88. The van der Waals surface area contributed by atoms with E-state index in [1.165, 1.54) is 0 Å². The number of nitrogens with zero attached hydrogens (tertiary/aromatic N) is 1. The summed E-state index contributed by atoms with van der Waals surface area (Å²) in [5, 5.41) is 25.2. The van der Waals surface area contributed by atoms with E-state index in [0.717, 1.165) is 34.5 Å². The van der Waals surface area contributed by atoms with Gasteiger partial charge in [-0.25, -0.2) is 0 Å². The fourth-order valence-electron chi connectivity index (χ4n) is 4.60. The van der Waals surface area contributed by atoms with Crippen molar-refractivity contribution in [2.24, 2.45) is 0 Å². The lowest BCUT2D eigenvalue weighted by atomic mass is 9.88. The standard InChI is InChI=1S/C28H30ClN3O4/c1-17-13-26(31-23-10-8-22(29)9-11-23)25-14-21(7-12-27(25)32(17)18(2)34)19-3-5-20(6-4-19)28(36)30-15-24(35)16-33/h3-12,14,17,24,26,31,33,35H,13,15-16H2,1-2H3,(H,30,36)/t17-,24?,26+/m0/s1. The van der Waals surface area contributed by atoms with Gasteiger partial charge in [-0.15, -0.1) is 0 Å². The first-order chi connectivity index (χ1) is 17.3. The second kappa shape index (κ2) is 11.1. The van der Waals surface area contributed by atoms with Gasteiger partial charge >= 0.3 is 0 Å². The largest absolute Gasteiger partial charge is 0.394 e. The number of aliphatic hydroxyl groups excluding tert-OH is 2. The molecule has 0 saturated heterocycles. The van der Waals surface area contributed by atoms with Gasteiger partial charge < -0.3 is 25.7 Å². The molecule has 0 aliphatic carbocycles. The number of aliphatic hydroxyl groups is 2. The van der Waals surface area contributed by atoms with Crippen LogP contribution in [-0.4, -0.2) is 47.3 Å². The summed E-state index contributed by atoms with van der Waals surface area (Å²) in [6.45, 7) is 3.21. The van der Waals surface area contributed by atoms with Crippen LogP contribution in [0, 0.1) is 0 Å². The Bertz CT molecular complexity index is 1230. The topological polar surface area (TPSA) is 102 Å². The Balaban J connectivity index is 1.62. The number of amides is 2. The van der Waals surface area contributed by atoms with Crippen molar-refractivity contribution in [2.75, 3.05) is 23.4 Å². The van der Waals surface area contributed by atoms with Gasteiger partial charge in [-0.3, -0.25) is 9.59 Å². The summed E-state index contributed by atoms with van der Waals surface area (Å²) in [5.74, 6) is -0.319. The van der Waals surface area contributed by atoms with E-state index in [9.17, 15) is 14.7 Å². The highest BCUT2D eigenvalue weighted by atomic mass is 35.5. The maximum atomic E-state index is 12.5. The molecule has 7 nitrogen and oxygen atoms in total. The van der Waals surface area contributed by atoms with Gasteiger partial charge in [0.2, 0.25) is 5.91 Å². The van der Waals surface area contributed by atoms with Gasteiger partial charge in [-0.1, -0.05) is 29.8 Å². The highest BCUT2D eigenvalue weighted by Crippen LogP contribution is 2.41. The van der Waals surface area contributed by atoms with E-state index < -0.39 is 12.7 Å². The van der Waals surface area contributed by atoms with Crippen molar-refractivity contribution in [3.63, 3.8) is 0 Å². The van der Waals surface area contributed by atoms with Crippen molar-refractivity contribution in [1.82, 2.24) is 5.32 Å². The van der Waals surface area contributed by atoms with Crippen molar-refractivity contribution >= 4 is 34.8 Å². The molecule has 3 aromatic rings. The number of halogens is 1. The minimum absolute atomic E-state index is 0.00289. The average molecular weight is 508 g/mol. The van der Waals surface area contributed by atoms with E-state index in [0.29, 0.717) is 10.6 Å². The lowest BCUT2D eigenvalue weighted by molar-refractivity contribution is -0.117. The van der Waals surface area contributed by atoms with Crippen LogP contribution in [0.4, 0.5) is 11.4 Å². The molecule has 36 heavy (non-hydrogen) atoms. The van der Waals surface area contributed by atoms with E-state index >= 15 is 0 Å². The zero-order valence-electron chi connectivity index (χ0n) is 20.2. The van der Waals surface area contributed by atoms with Crippen molar-refractivity contribution < 1.29 is 19.8 Å². The number of hydrogen-bond acceptors (Lipinski definition) is 5. The van der Waals surface area contributed by atoms with E-state index in [4.69, 9.17) is 16.7 Å². The van der Waals surface area contributed by atoms with E-state index in [1.54, 1.807) is 19.1 Å². The molecule has 8 heteroatoms. The first kappa shape index (κ1) is 25.7. The maximum absolute atomic E-state index is 12.5. The normalized spacial score (nSPS) is 17.8. The number of benzene rings is 3. The Morgan fingerprint density at radius 1 is 1.06 bits per heavy atom. The van der Waals surface area contributed by atoms with Crippen molar-refractivity contribution in [3.8, 4) is 11.1 Å². The fourth-order valence-corrected chi connectivity index (χ4v) is 4.72. The van der Waals surface area contributed by atoms with Crippen LogP contribution in [0.1, 0.15) is 42.2 Å². The maximum Gasteiger partial charge on any atom is 0.251 e. The molecule has 0 radical (unpaired) electrons. The van der Waals surface area contributed by atoms with Gasteiger partial charge in [0.1, 0.15) is 0 Å². The van der Waals surface area contributed by atoms with Crippen LogP contribution < -0.4 is 15.5 Å². The zero-order valence-corrected chi connectivity index (χ0v) is 21.0. The van der Waals surface area contributed by atoms with E-state index in [-0.39, 0.29) is 30.4 Å². The molecule has 1 aliphatic rings. The van der Waals surface area contributed by atoms with Gasteiger partial charge in [0.15, 0.2) is 0 Å². The minimum atomic E-state index is -0.990. The van der Waals surface area contributed by atoms with Gasteiger partial charge in [-0.2, -0.15) is 0 Å². The number of rotatable bonds is 7. The van der Waals surface area contributed by atoms with E-state index in [1.807, 2.05) is 53.4 Å². The molecule has 1 aliphatic heterocycles. The summed E-state index contributed by atoms with van der Waals surface area (Å²) in [7, 11) is 0. The number of nitrogens with one attached hydrogen (secondary N) is 2. The lowest BCUT2D eigenvalue weighted by Gasteiger charge is -2.39. The fraction of sp³-hybridized carbons (Fsp3) is 0.286. The summed E-state index contributed by atoms with van der Waals surface area (Å²) >= 11 is 6.05. The van der Waals surface area contributed by atoms with Crippen LogP contribution in [0.3, 0.4) is 0 Å². The first-order valence-corrected chi connectivity index (χ1v) is 12.3. The van der Waals surface area contributed by atoms with Crippen LogP contribution in [0.15, 0.2) is 66.7 Å². The highest BCUT2D eigenvalue weighted by molar-refractivity contribution is 6.30. The number of fused-ring (bicyclic) bond motifs is 1. The zero-order chi connectivity index (χ0) is 25.8. The molecule has 4 N–H and O–H groups in total. The third-order valence-electron chi connectivity index (χ3n) is 6.39. The first-order valence-electron chi connectivity index (χ1n) is 11.9. The van der Waals surface area contributed by atoms with Crippen molar-refractivity contribution in [1.29, 1.82) is 0 Å². The molecule has 0 saturated carbocycles. The summed E-state index contributed by atoms with van der Waals surface area (Å²) in [6.07, 6.45) is -0.243. The molecule has 0 spiro atoms. The number of carbonyl (C=O) groups is 2. The van der Waals surface area contributed by atoms with Gasteiger partial charge in [0.25, 0.3) is 5.91 Å². The highest BCUT2D eigenvalue weighted by Gasteiger charge is 2.32. The van der Waals surface area contributed by atoms with Crippen LogP contribution in [-0.2, 0) is 4.79 Å². The molecular weight excluding hydrogens is 478 g/mol. The van der Waals surface area contributed by atoms with Crippen LogP contribution in [0.5, 0.6) is 0 Å². The Hall–Kier alpha value is -3.39. The molecule has 4 rings (SSSR count). The van der Waals surface area contributed by atoms with Crippen LogP contribution in [0.25, 0.3) is 11.1 Å². The van der Waals surface area contributed by atoms with E-state index in [2.05, 4.69) is 23.6 Å². The summed E-state index contributed by atoms with van der Waals surface area (Å²) < 4.78 is 0.